The smallest absolute Gasteiger partial charge is 0.218 e. The molecule has 1 aromatic rings. The summed E-state index contributed by atoms with van der Waals surface area (Å²) in [5.41, 5.74) is 5.87. The van der Waals surface area contributed by atoms with E-state index in [0.29, 0.717) is 18.5 Å². The van der Waals surface area contributed by atoms with Gasteiger partial charge in [0.15, 0.2) is 11.6 Å². The number of carbonyl (C=O) groups excluding carboxylic acids is 1. The summed E-state index contributed by atoms with van der Waals surface area (Å²) in [6.07, 6.45) is 3.71. The molecule has 2 fully saturated rings. The summed E-state index contributed by atoms with van der Waals surface area (Å²) in [4.78, 5) is 15.5. The van der Waals surface area contributed by atoms with Crippen LogP contribution in [0.5, 0.6) is 0 Å². The molecule has 0 aliphatic carbocycles. The molecule has 24 heavy (non-hydrogen) atoms. The van der Waals surface area contributed by atoms with Gasteiger partial charge in [-0.1, -0.05) is 12.1 Å². The molecule has 6 heteroatoms. The van der Waals surface area contributed by atoms with Gasteiger partial charge >= 0.3 is 0 Å². The summed E-state index contributed by atoms with van der Waals surface area (Å²) in [5, 5.41) is 0. The fraction of sp³-hybridized carbons (Fsp3) is 0.611. The summed E-state index contributed by atoms with van der Waals surface area (Å²) in [7, 11) is 0. The van der Waals surface area contributed by atoms with Crippen molar-refractivity contribution in [2.45, 2.75) is 32.2 Å². The summed E-state index contributed by atoms with van der Waals surface area (Å²) in [6.45, 7) is 4.93. The zero-order chi connectivity index (χ0) is 17.2. The van der Waals surface area contributed by atoms with Crippen molar-refractivity contribution in [2.75, 3.05) is 32.7 Å². The Morgan fingerprint density at radius 3 is 2.75 bits per heavy atom. The standard InChI is InChI=1S/C18H25F2N3O/c19-15-4-1-3-14(17(15)20)11-23-8-2-6-18(13-23)7-10-22(12-18)9-5-16(21)24/h1,3-4H,2,5-13H2,(H2,21,24)/t18-/m0/s1. The van der Waals surface area contributed by atoms with Crippen LogP contribution in [0, 0.1) is 17.0 Å². The third-order valence-electron chi connectivity index (χ3n) is 5.36. The molecule has 3 rings (SSSR count). The van der Waals surface area contributed by atoms with E-state index in [0.717, 1.165) is 58.1 Å². The molecular formula is C18H25F2N3O. The fourth-order valence-corrected chi connectivity index (χ4v) is 4.18. The molecule has 2 saturated heterocycles. The number of hydrogen-bond donors (Lipinski definition) is 1. The van der Waals surface area contributed by atoms with Gasteiger partial charge in [0.25, 0.3) is 0 Å². The average Bonchev–Trinajstić information content (AvgIpc) is 2.92. The molecule has 0 saturated carbocycles. The van der Waals surface area contributed by atoms with E-state index in [2.05, 4.69) is 9.80 Å². The highest BCUT2D eigenvalue weighted by Crippen LogP contribution is 2.39. The molecule has 0 bridgehead atoms. The first-order chi connectivity index (χ1) is 11.5. The summed E-state index contributed by atoms with van der Waals surface area (Å²) >= 11 is 0. The van der Waals surface area contributed by atoms with Gasteiger partial charge in [-0.15, -0.1) is 0 Å². The van der Waals surface area contributed by atoms with E-state index < -0.39 is 11.6 Å². The van der Waals surface area contributed by atoms with Crippen LogP contribution in [-0.2, 0) is 11.3 Å². The first-order valence-electron chi connectivity index (χ1n) is 8.63. The van der Waals surface area contributed by atoms with Gasteiger partial charge in [-0.2, -0.15) is 0 Å². The molecule has 2 aliphatic heterocycles. The monoisotopic (exact) mass is 337 g/mol. The van der Waals surface area contributed by atoms with Crippen molar-refractivity contribution in [2.24, 2.45) is 11.1 Å². The number of piperidine rings is 1. The summed E-state index contributed by atoms with van der Waals surface area (Å²) in [5.74, 6) is -1.77. The van der Waals surface area contributed by atoms with Crippen LogP contribution in [0.15, 0.2) is 18.2 Å². The van der Waals surface area contributed by atoms with Crippen LogP contribution in [0.4, 0.5) is 8.78 Å². The second-order valence-corrected chi connectivity index (χ2v) is 7.27. The highest BCUT2D eigenvalue weighted by molar-refractivity contribution is 5.73. The predicted molar refractivity (Wildman–Crippen MR) is 88.2 cm³/mol. The van der Waals surface area contributed by atoms with Crippen molar-refractivity contribution in [3.8, 4) is 0 Å². The highest BCUT2D eigenvalue weighted by atomic mass is 19.2. The lowest BCUT2D eigenvalue weighted by molar-refractivity contribution is -0.118. The number of primary amides is 1. The van der Waals surface area contributed by atoms with Crippen LogP contribution in [0.1, 0.15) is 31.2 Å². The van der Waals surface area contributed by atoms with Crippen molar-refractivity contribution >= 4 is 5.91 Å². The predicted octanol–water partition coefficient (Wildman–Crippen LogP) is 2.13. The molecule has 1 amide bonds. The molecule has 0 radical (unpaired) electrons. The number of likely N-dealkylation sites (tertiary alicyclic amines) is 2. The zero-order valence-electron chi connectivity index (χ0n) is 13.9. The lowest BCUT2D eigenvalue weighted by Gasteiger charge is -2.40. The molecule has 2 heterocycles. The Labute approximate surface area is 141 Å². The third-order valence-corrected chi connectivity index (χ3v) is 5.36. The van der Waals surface area contributed by atoms with Crippen LogP contribution < -0.4 is 5.73 Å². The van der Waals surface area contributed by atoms with E-state index >= 15 is 0 Å². The Bertz CT molecular complexity index is 610. The SMILES string of the molecule is NC(=O)CCN1CC[C@@]2(CCCN(Cc3cccc(F)c3F)C2)C1. The number of benzene rings is 1. The number of hydrogen-bond acceptors (Lipinski definition) is 3. The Morgan fingerprint density at radius 1 is 1.17 bits per heavy atom. The van der Waals surface area contributed by atoms with E-state index in [1.54, 1.807) is 12.1 Å². The zero-order valence-corrected chi connectivity index (χ0v) is 13.9. The van der Waals surface area contributed by atoms with Gasteiger partial charge < -0.3 is 10.6 Å². The minimum atomic E-state index is -0.780. The van der Waals surface area contributed by atoms with Crippen molar-refractivity contribution in [1.29, 1.82) is 0 Å². The second-order valence-electron chi connectivity index (χ2n) is 7.27. The van der Waals surface area contributed by atoms with Gasteiger partial charge in [0.05, 0.1) is 0 Å². The van der Waals surface area contributed by atoms with Gasteiger partial charge in [0.2, 0.25) is 5.91 Å². The van der Waals surface area contributed by atoms with Gasteiger partial charge in [-0.25, -0.2) is 8.78 Å². The largest absolute Gasteiger partial charge is 0.370 e. The van der Waals surface area contributed by atoms with Gasteiger partial charge in [0, 0.05) is 38.2 Å². The molecule has 1 aromatic carbocycles. The van der Waals surface area contributed by atoms with E-state index in [4.69, 9.17) is 5.73 Å². The number of halogens is 2. The normalized spacial score (nSPS) is 25.4. The Morgan fingerprint density at radius 2 is 1.96 bits per heavy atom. The Kier molecular flexibility index (Phi) is 5.15. The molecular weight excluding hydrogens is 312 g/mol. The molecule has 0 unspecified atom stereocenters. The number of nitrogens with two attached hydrogens (primary N) is 1. The first kappa shape index (κ1) is 17.3. The van der Waals surface area contributed by atoms with Crippen molar-refractivity contribution in [1.82, 2.24) is 9.80 Å². The summed E-state index contributed by atoms with van der Waals surface area (Å²) < 4.78 is 27.3. The highest BCUT2D eigenvalue weighted by Gasteiger charge is 2.41. The Hall–Kier alpha value is -1.53. The van der Waals surface area contributed by atoms with Gasteiger partial charge in [-0.3, -0.25) is 9.69 Å². The topological polar surface area (TPSA) is 49.6 Å². The molecule has 132 valence electrons. The van der Waals surface area contributed by atoms with E-state index in [1.165, 1.54) is 0 Å². The third kappa shape index (κ3) is 3.92. The van der Waals surface area contributed by atoms with Crippen LogP contribution >= 0.6 is 0 Å². The van der Waals surface area contributed by atoms with Crippen LogP contribution in [-0.4, -0.2) is 48.4 Å². The maximum Gasteiger partial charge on any atom is 0.218 e. The fourth-order valence-electron chi connectivity index (χ4n) is 4.18. The Balaban J connectivity index is 1.60. The maximum absolute atomic E-state index is 13.9. The molecule has 4 nitrogen and oxygen atoms in total. The molecule has 2 N–H and O–H groups in total. The lowest BCUT2D eigenvalue weighted by Crippen LogP contribution is -2.44. The number of rotatable bonds is 5. The van der Waals surface area contributed by atoms with Crippen molar-refractivity contribution < 1.29 is 13.6 Å². The maximum atomic E-state index is 13.9. The van der Waals surface area contributed by atoms with E-state index in [-0.39, 0.29) is 11.3 Å². The molecule has 0 aromatic heterocycles. The van der Waals surface area contributed by atoms with E-state index in [9.17, 15) is 13.6 Å². The van der Waals surface area contributed by atoms with Gasteiger partial charge in [0.1, 0.15) is 0 Å². The lowest BCUT2D eigenvalue weighted by atomic mass is 9.79. The molecule has 2 aliphatic rings. The molecule has 1 spiro atoms. The van der Waals surface area contributed by atoms with Crippen molar-refractivity contribution in [3.05, 3.63) is 35.4 Å². The average molecular weight is 337 g/mol. The van der Waals surface area contributed by atoms with Crippen LogP contribution in [0.25, 0.3) is 0 Å². The quantitative estimate of drug-likeness (QED) is 0.895. The second kappa shape index (κ2) is 7.15. The van der Waals surface area contributed by atoms with Crippen molar-refractivity contribution in [3.63, 3.8) is 0 Å². The first-order valence-corrected chi connectivity index (χ1v) is 8.63. The minimum absolute atomic E-state index is 0.208. The minimum Gasteiger partial charge on any atom is -0.370 e. The van der Waals surface area contributed by atoms with Gasteiger partial charge in [-0.05, 0) is 43.8 Å². The number of amides is 1. The van der Waals surface area contributed by atoms with E-state index in [1.807, 2.05) is 0 Å². The number of nitrogens with zero attached hydrogens (tertiary/aromatic N) is 2. The van der Waals surface area contributed by atoms with Crippen LogP contribution in [0.2, 0.25) is 0 Å². The summed E-state index contributed by atoms with van der Waals surface area (Å²) in [6, 6.07) is 4.38. The van der Waals surface area contributed by atoms with Crippen LogP contribution in [0.3, 0.4) is 0 Å². The molecule has 1 atom stereocenters. The number of carbonyl (C=O) groups is 1.